The molecule has 0 bridgehead atoms. The van der Waals surface area contributed by atoms with E-state index >= 15 is 0 Å². The van der Waals surface area contributed by atoms with E-state index < -0.39 is 11.6 Å². The van der Waals surface area contributed by atoms with E-state index in [0.29, 0.717) is 40.0 Å². The molecule has 0 radical (unpaired) electrons. The molecule has 2 N–H and O–H groups in total. The fourth-order valence-corrected chi connectivity index (χ4v) is 3.94. The predicted octanol–water partition coefficient (Wildman–Crippen LogP) is 5.02. The van der Waals surface area contributed by atoms with Crippen LogP contribution < -0.4 is 5.32 Å². The Morgan fingerprint density at radius 2 is 1.94 bits per heavy atom. The summed E-state index contributed by atoms with van der Waals surface area (Å²) in [6.45, 7) is 6.16. The zero-order chi connectivity index (χ0) is 23.0. The van der Waals surface area contributed by atoms with Crippen LogP contribution >= 0.6 is 0 Å². The van der Waals surface area contributed by atoms with E-state index in [2.05, 4.69) is 10.5 Å². The number of fused-ring (bicyclic) bond motifs is 1. The first-order valence-corrected chi connectivity index (χ1v) is 10.2. The first-order valence-electron chi connectivity index (χ1n) is 10.2. The summed E-state index contributed by atoms with van der Waals surface area (Å²) in [6, 6.07) is 10.2. The van der Waals surface area contributed by atoms with Crippen molar-refractivity contribution in [1.82, 2.24) is 15.0 Å². The van der Waals surface area contributed by atoms with Crippen LogP contribution in [0.3, 0.4) is 0 Å². The van der Waals surface area contributed by atoms with Gasteiger partial charge in [0.25, 0.3) is 5.91 Å². The normalized spacial score (nSPS) is 11.4. The number of rotatable bonds is 6. The summed E-state index contributed by atoms with van der Waals surface area (Å²) in [6.07, 6.45) is 0. The predicted molar refractivity (Wildman–Crippen MR) is 116 cm³/mol. The fraction of sp³-hybridized carbons (Fsp3) is 0.250. The van der Waals surface area contributed by atoms with E-state index in [4.69, 9.17) is 4.52 Å². The topological polar surface area (TPSA) is 80.3 Å². The van der Waals surface area contributed by atoms with E-state index in [1.54, 1.807) is 19.1 Å². The maximum Gasteiger partial charge on any atom is 0.254 e. The zero-order valence-corrected chi connectivity index (χ0v) is 17.9. The molecule has 166 valence electrons. The van der Waals surface area contributed by atoms with Crippen molar-refractivity contribution in [2.24, 2.45) is 0 Å². The lowest BCUT2D eigenvalue weighted by atomic mass is 10.0. The standard InChI is InChI=1S/C24H23F2N3O3/c1-13(2)23-22(24(31)27-11-15-4-7-19(25)20(26)9-15)18-6-5-17(30)10-21(18)29(23)12-16-8-14(3)32-28-16/h4-10,13,30H,11-12H2,1-3H3,(H,27,31). The van der Waals surface area contributed by atoms with Crippen molar-refractivity contribution in [2.45, 2.75) is 39.8 Å². The number of carbonyl (C=O) groups is 1. The number of hydrogen-bond acceptors (Lipinski definition) is 4. The Morgan fingerprint density at radius 1 is 1.16 bits per heavy atom. The van der Waals surface area contributed by atoms with Crippen LogP contribution in [0.25, 0.3) is 10.9 Å². The second-order valence-corrected chi connectivity index (χ2v) is 8.06. The Kier molecular flexibility index (Phi) is 5.69. The van der Waals surface area contributed by atoms with Crippen LogP contribution in [-0.2, 0) is 13.1 Å². The minimum Gasteiger partial charge on any atom is -0.508 e. The first-order chi connectivity index (χ1) is 15.2. The van der Waals surface area contributed by atoms with Gasteiger partial charge in [-0.25, -0.2) is 8.78 Å². The fourth-order valence-electron chi connectivity index (χ4n) is 3.94. The average molecular weight is 439 g/mol. The monoisotopic (exact) mass is 439 g/mol. The Bertz CT molecular complexity index is 1310. The van der Waals surface area contributed by atoms with Gasteiger partial charge < -0.3 is 19.5 Å². The molecule has 1 amide bonds. The third-order valence-electron chi connectivity index (χ3n) is 5.30. The molecule has 0 saturated heterocycles. The van der Waals surface area contributed by atoms with E-state index in [0.717, 1.165) is 17.8 Å². The Labute approximate surface area is 183 Å². The van der Waals surface area contributed by atoms with E-state index in [9.17, 15) is 18.7 Å². The summed E-state index contributed by atoms with van der Waals surface area (Å²) >= 11 is 0. The lowest BCUT2D eigenvalue weighted by molar-refractivity contribution is 0.0951. The Hall–Kier alpha value is -3.68. The molecule has 0 spiro atoms. The average Bonchev–Trinajstić information content (AvgIpc) is 3.29. The van der Waals surface area contributed by atoms with Crippen LogP contribution in [0.5, 0.6) is 5.75 Å². The number of nitrogens with one attached hydrogen (secondary N) is 1. The van der Waals surface area contributed by atoms with Crippen molar-refractivity contribution < 1.29 is 23.2 Å². The number of phenols is 1. The summed E-state index contributed by atoms with van der Waals surface area (Å²) < 4.78 is 33.9. The zero-order valence-electron chi connectivity index (χ0n) is 17.9. The molecule has 0 aliphatic carbocycles. The van der Waals surface area contributed by atoms with Crippen LogP contribution in [0.2, 0.25) is 0 Å². The van der Waals surface area contributed by atoms with Crippen LogP contribution in [0.15, 0.2) is 47.0 Å². The molecule has 4 aromatic rings. The molecule has 0 aliphatic rings. The number of aryl methyl sites for hydroxylation is 1. The second kappa shape index (κ2) is 8.45. The molecular weight excluding hydrogens is 416 g/mol. The molecule has 2 aromatic carbocycles. The highest BCUT2D eigenvalue weighted by atomic mass is 19.2. The van der Waals surface area contributed by atoms with Crippen LogP contribution in [-0.4, -0.2) is 20.7 Å². The molecule has 0 atom stereocenters. The number of amides is 1. The van der Waals surface area contributed by atoms with Gasteiger partial charge in [-0.2, -0.15) is 0 Å². The third kappa shape index (κ3) is 4.08. The molecule has 2 heterocycles. The number of nitrogens with zero attached hydrogens (tertiary/aromatic N) is 2. The molecular formula is C24H23F2N3O3. The van der Waals surface area contributed by atoms with Crippen molar-refractivity contribution in [3.8, 4) is 5.75 Å². The van der Waals surface area contributed by atoms with Gasteiger partial charge in [0.2, 0.25) is 0 Å². The minimum atomic E-state index is -0.963. The highest BCUT2D eigenvalue weighted by Crippen LogP contribution is 2.34. The van der Waals surface area contributed by atoms with Crippen LogP contribution in [0.4, 0.5) is 8.78 Å². The van der Waals surface area contributed by atoms with Crippen LogP contribution in [0.1, 0.15) is 52.8 Å². The van der Waals surface area contributed by atoms with Gasteiger partial charge in [-0.1, -0.05) is 25.1 Å². The van der Waals surface area contributed by atoms with Gasteiger partial charge >= 0.3 is 0 Å². The molecule has 2 aromatic heterocycles. The highest BCUT2D eigenvalue weighted by Gasteiger charge is 2.25. The van der Waals surface area contributed by atoms with Gasteiger partial charge in [-0.3, -0.25) is 4.79 Å². The van der Waals surface area contributed by atoms with Crippen LogP contribution in [0, 0.1) is 18.6 Å². The Balaban J connectivity index is 1.76. The van der Waals surface area contributed by atoms with Gasteiger partial charge in [0.15, 0.2) is 11.6 Å². The maximum absolute atomic E-state index is 13.5. The molecule has 0 fully saturated rings. The van der Waals surface area contributed by atoms with Crippen molar-refractivity contribution in [3.05, 3.63) is 82.4 Å². The number of aromatic nitrogens is 2. The number of hydrogen-bond donors (Lipinski definition) is 2. The number of phenolic OH excluding ortho intramolecular Hbond substituents is 1. The Morgan fingerprint density at radius 3 is 2.59 bits per heavy atom. The molecule has 0 unspecified atom stereocenters. The smallest absolute Gasteiger partial charge is 0.254 e. The number of aromatic hydroxyl groups is 1. The molecule has 4 rings (SSSR count). The highest BCUT2D eigenvalue weighted by molar-refractivity contribution is 6.09. The SMILES string of the molecule is Cc1cc(Cn2c(C(C)C)c(C(=O)NCc3ccc(F)c(F)c3)c3ccc(O)cc32)no1. The summed E-state index contributed by atoms with van der Waals surface area (Å²) in [5.41, 5.74) is 3.07. The lowest BCUT2D eigenvalue weighted by Crippen LogP contribution is -2.24. The minimum absolute atomic E-state index is 0.0263. The van der Waals surface area contributed by atoms with Crippen molar-refractivity contribution >= 4 is 16.8 Å². The van der Waals surface area contributed by atoms with Gasteiger partial charge in [0.05, 0.1) is 17.6 Å². The number of benzene rings is 2. The van der Waals surface area contributed by atoms with Gasteiger partial charge in [0.1, 0.15) is 17.2 Å². The number of halogens is 2. The molecule has 0 saturated carbocycles. The second-order valence-electron chi connectivity index (χ2n) is 8.06. The summed E-state index contributed by atoms with van der Waals surface area (Å²) in [5, 5.41) is 17.6. The van der Waals surface area contributed by atoms with Crippen molar-refractivity contribution in [1.29, 1.82) is 0 Å². The molecule has 8 heteroatoms. The van der Waals surface area contributed by atoms with E-state index in [1.165, 1.54) is 12.1 Å². The van der Waals surface area contributed by atoms with Gasteiger partial charge in [-0.15, -0.1) is 0 Å². The van der Waals surface area contributed by atoms with E-state index in [-0.39, 0.29) is 24.1 Å². The summed E-state index contributed by atoms with van der Waals surface area (Å²) in [5.74, 6) is -1.51. The van der Waals surface area contributed by atoms with Gasteiger partial charge in [-0.05, 0) is 42.7 Å². The summed E-state index contributed by atoms with van der Waals surface area (Å²) in [4.78, 5) is 13.3. The van der Waals surface area contributed by atoms with Crippen molar-refractivity contribution in [3.63, 3.8) is 0 Å². The van der Waals surface area contributed by atoms with E-state index in [1.807, 2.05) is 24.5 Å². The lowest BCUT2D eigenvalue weighted by Gasteiger charge is -2.14. The number of carbonyl (C=O) groups excluding carboxylic acids is 1. The third-order valence-corrected chi connectivity index (χ3v) is 5.30. The van der Waals surface area contributed by atoms with Crippen molar-refractivity contribution in [2.75, 3.05) is 0 Å². The first kappa shape index (κ1) is 21.5. The molecule has 0 aliphatic heterocycles. The summed E-state index contributed by atoms with van der Waals surface area (Å²) in [7, 11) is 0. The molecule has 32 heavy (non-hydrogen) atoms. The maximum atomic E-state index is 13.5. The quantitative estimate of drug-likeness (QED) is 0.442. The van der Waals surface area contributed by atoms with Gasteiger partial charge in [0, 0.05) is 29.8 Å². The molecule has 6 nitrogen and oxygen atoms in total. The largest absolute Gasteiger partial charge is 0.508 e.